The number of carboxylic acid groups (broad SMARTS) is 1. The van der Waals surface area contributed by atoms with Gasteiger partial charge in [-0.1, -0.05) is 0 Å². The molecule has 0 aliphatic carbocycles. The molecule has 0 bridgehead atoms. The molecule has 0 aromatic heterocycles. The second kappa shape index (κ2) is 4.57. The van der Waals surface area contributed by atoms with Gasteiger partial charge in [0.1, 0.15) is 6.54 Å². The van der Waals surface area contributed by atoms with Gasteiger partial charge in [-0.05, 0) is 13.8 Å². The molecule has 11 heavy (non-hydrogen) atoms. The minimum absolute atomic E-state index is 0. The van der Waals surface area contributed by atoms with Crippen molar-refractivity contribution in [1.29, 1.82) is 0 Å². The van der Waals surface area contributed by atoms with Crippen LogP contribution < -0.4 is 5.11 Å². The topological polar surface area (TPSA) is 40.1 Å². The molecule has 0 aromatic rings. The predicted molar refractivity (Wildman–Crippen MR) is 44.4 cm³/mol. The molecule has 3 nitrogen and oxygen atoms in total. The normalized spacial score (nSPS) is 11.0. The van der Waals surface area contributed by atoms with Gasteiger partial charge in [0.05, 0.1) is 26.1 Å². The molecule has 0 fully saturated rings. The third kappa shape index (κ3) is 5.04. The molecule has 0 aliphatic rings. The van der Waals surface area contributed by atoms with Crippen molar-refractivity contribution in [2.75, 3.05) is 20.6 Å². The number of quaternary nitrogens is 1. The average Bonchev–Trinajstić information content (AvgIpc) is 1.60. The van der Waals surface area contributed by atoms with Crippen LogP contribution in [0.5, 0.6) is 0 Å². The van der Waals surface area contributed by atoms with Gasteiger partial charge in [0.15, 0.2) is 0 Å². The maximum absolute atomic E-state index is 10.2. The molecule has 0 amide bonds. The third-order valence-electron chi connectivity index (χ3n) is 1.93. The first kappa shape index (κ1) is 13.3. The van der Waals surface area contributed by atoms with Crippen LogP contribution in [0.1, 0.15) is 13.8 Å². The lowest BCUT2D eigenvalue weighted by Crippen LogP contribution is -2.52. The summed E-state index contributed by atoms with van der Waals surface area (Å²) < 4.78 is 0.475. The van der Waals surface area contributed by atoms with Crippen molar-refractivity contribution < 1.29 is 14.4 Å². The van der Waals surface area contributed by atoms with E-state index in [4.69, 9.17) is 0 Å². The van der Waals surface area contributed by atoms with E-state index in [2.05, 4.69) is 0 Å². The maximum atomic E-state index is 10.2. The summed E-state index contributed by atoms with van der Waals surface area (Å²) in [5.74, 6) is -0.987. The van der Waals surface area contributed by atoms with E-state index < -0.39 is 5.97 Å². The summed E-state index contributed by atoms with van der Waals surface area (Å²) in [5.41, 5.74) is 0. The summed E-state index contributed by atoms with van der Waals surface area (Å²) in [6.45, 7) is 4.06. The summed E-state index contributed by atoms with van der Waals surface area (Å²) >= 11 is 0. The standard InChI is InChI=1S/C7H15NO2.ClH/c1-6(2)8(3,4)5-7(9)10;/h6H,5H2,1-4H3;1H. The molecule has 4 heteroatoms. The van der Waals surface area contributed by atoms with Crippen LogP contribution in [0, 0.1) is 0 Å². The van der Waals surface area contributed by atoms with Gasteiger partial charge in [-0.2, -0.15) is 0 Å². The molecule has 0 heterocycles. The fourth-order valence-corrected chi connectivity index (χ4v) is 0.515. The first-order valence-corrected chi connectivity index (χ1v) is 3.39. The number of aliphatic carboxylic acids is 1. The fraction of sp³-hybridized carbons (Fsp3) is 0.857. The molecule has 0 atom stereocenters. The minimum atomic E-state index is -0.987. The molecule has 0 N–H and O–H groups in total. The van der Waals surface area contributed by atoms with E-state index in [0.29, 0.717) is 10.5 Å². The quantitative estimate of drug-likeness (QED) is 0.559. The van der Waals surface area contributed by atoms with E-state index >= 15 is 0 Å². The Hall–Kier alpha value is -0.280. The fourth-order valence-electron chi connectivity index (χ4n) is 0.515. The number of hydrogen-bond donors (Lipinski definition) is 0. The highest BCUT2D eigenvalue weighted by atomic mass is 35.5. The van der Waals surface area contributed by atoms with Gasteiger partial charge in [0.2, 0.25) is 0 Å². The minimum Gasteiger partial charge on any atom is -0.544 e. The zero-order chi connectivity index (χ0) is 8.36. The molecule has 0 radical (unpaired) electrons. The smallest absolute Gasteiger partial charge is 0.119 e. The zero-order valence-electron chi connectivity index (χ0n) is 7.46. The SMILES string of the molecule is CC(C)[N+](C)(C)CC(=O)[O-].Cl. The number of likely N-dealkylation sites (N-methyl/N-ethyl adjacent to an activating group) is 1. The molecule has 0 saturated carbocycles. The van der Waals surface area contributed by atoms with E-state index in [9.17, 15) is 9.90 Å². The Kier molecular flexibility index (Phi) is 5.53. The number of nitrogens with zero attached hydrogens (tertiary/aromatic N) is 1. The first-order valence-electron chi connectivity index (χ1n) is 3.39. The Morgan fingerprint density at radius 1 is 1.45 bits per heavy atom. The lowest BCUT2D eigenvalue weighted by molar-refractivity contribution is -0.905. The number of carbonyl (C=O) groups is 1. The van der Waals surface area contributed by atoms with Gasteiger partial charge >= 0.3 is 0 Å². The van der Waals surface area contributed by atoms with Crippen molar-refractivity contribution >= 4 is 18.4 Å². The van der Waals surface area contributed by atoms with Crippen molar-refractivity contribution in [1.82, 2.24) is 0 Å². The zero-order valence-corrected chi connectivity index (χ0v) is 8.27. The Balaban J connectivity index is 0. The summed E-state index contributed by atoms with van der Waals surface area (Å²) in [6, 6.07) is 0.317. The lowest BCUT2D eigenvalue weighted by Gasteiger charge is -2.34. The summed E-state index contributed by atoms with van der Waals surface area (Å²) in [5, 5.41) is 10.2. The summed E-state index contributed by atoms with van der Waals surface area (Å²) in [4.78, 5) is 10.2. The van der Waals surface area contributed by atoms with Crippen LogP contribution >= 0.6 is 12.4 Å². The van der Waals surface area contributed by atoms with E-state index in [1.165, 1.54) is 0 Å². The number of rotatable bonds is 3. The van der Waals surface area contributed by atoms with Gasteiger partial charge in [-0.25, -0.2) is 0 Å². The highest BCUT2D eigenvalue weighted by Crippen LogP contribution is 2.03. The molecule has 0 unspecified atom stereocenters. The predicted octanol–water partition coefficient (Wildman–Crippen LogP) is -0.357. The van der Waals surface area contributed by atoms with Crippen LogP contribution in [0.4, 0.5) is 0 Å². The Morgan fingerprint density at radius 2 is 1.82 bits per heavy atom. The van der Waals surface area contributed by atoms with Gasteiger partial charge in [0.25, 0.3) is 0 Å². The largest absolute Gasteiger partial charge is 0.544 e. The van der Waals surface area contributed by atoms with Crippen LogP contribution in [0.3, 0.4) is 0 Å². The summed E-state index contributed by atoms with van der Waals surface area (Å²) in [6.07, 6.45) is 0. The van der Waals surface area contributed by atoms with Crippen LogP contribution in [0.25, 0.3) is 0 Å². The molecule has 0 saturated heterocycles. The van der Waals surface area contributed by atoms with E-state index in [-0.39, 0.29) is 19.0 Å². The number of hydrogen-bond acceptors (Lipinski definition) is 2. The van der Waals surface area contributed by atoms with Crippen molar-refractivity contribution in [3.8, 4) is 0 Å². The van der Waals surface area contributed by atoms with E-state index in [1.807, 2.05) is 27.9 Å². The highest BCUT2D eigenvalue weighted by Gasteiger charge is 2.18. The molecular weight excluding hydrogens is 166 g/mol. The number of carbonyl (C=O) groups excluding carboxylic acids is 1. The first-order chi connectivity index (χ1) is 4.36. The van der Waals surface area contributed by atoms with Gasteiger partial charge in [-0.15, -0.1) is 12.4 Å². The van der Waals surface area contributed by atoms with Crippen LogP contribution in [0.2, 0.25) is 0 Å². The number of halogens is 1. The second-order valence-corrected chi connectivity index (χ2v) is 3.40. The molecular formula is C7H16ClNO2. The number of carboxylic acids is 1. The molecule has 0 spiro atoms. The monoisotopic (exact) mass is 181 g/mol. The van der Waals surface area contributed by atoms with Crippen molar-refractivity contribution in [2.24, 2.45) is 0 Å². The highest BCUT2D eigenvalue weighted by molar-refractivity contribution is 5.85. The third-order valence-corrected chi connectivity index (χ3v) is 1.93. The maximum Gasteiger partial charge on any atom is 0.119 e. The Morgan fingerprint density at radius 3 is 1.91 bits per heavy atom. The Bertz CT molecular complexity index is 134. The van der Waals surface area contributed by atoms with Crippen molar-refractivity contribution in [2.45, 2.75) is 19.9 Å². The van der Waals surface area contributed by atoms with Gasteiger partial charge < -0.3 is 14.4 Å². The summed E-state index contributed by atoms with van der Waals surface area (Å²) in [7, 11) is 3.75. The van der Waals surface area contributed by atoms with E-state index in [1.54, 1.807) is 0 Å². The van der Waals surface area contributed by atoms with Crippen LogP contribution in [-0.2, 0) is 4.79 Å². The van der Waals surface area contributed by atoms with Gasteiger partial charge in [-0.3, -0.25) is 0 Å². The molecule has 68 valence electrons. The second-order valence-electron chi connectivity index (χ2n) is 3.40. The van der Waals surface area contributed by atoms with Crippen molar-refractivity contribution in [3.05, 3.63) is 0 Å². The lowest BCUT2D eigenvalue weighted by atomic mass is 10.3. The van der Waals surface area contributed by atoms with Gasteiger partial charge in [0, 0.05) is 0 Å². The molecule has 0 aliphatic heterocycles. The van der Waals surface area contributed by atoms with Crippen molar-refractivity contribution in [3.63, 3.8) is 0 Å². The molecule has 0 aromatic carbocycles. The van der Waals surface area contributed by atoms with E-state index in [0.717, 1.165) is 0 Å². The van der Waals surface area contributed by atoms with Crippen LogP contribution in [0.15, 0.2) is 0 Å². The Labute approximate surface area is 74.0 Å². The average molecular weight is 182 g/mol. The van der Waals surface area contributed by atoms with Crippen LogP contribution in [-0.4, -0.2) is 37.1 Å². The molecule has 0 rings (SSSR count).